The zero-order valence-electron chi connectivity index (χ0n) is 56.1. The molecule has 0 saturated heterocycles. The number of hydrogen-bond donors (Lipinski definition) is 0. The molecule has 0 N–H and O–H groups in total. The van der Waals surface area contributed by atoms with E-state index in [9.17, 15) is 14.4 Å². The molecule has 0 amide bonds. The molecule has 0 radical (unpaired) electrons. The number of carbonyl (C=O) groups excluding carboxylic acids is 3. The number of rotatable bonds is 71. The van der Waals surface area contributed by atoms with Crippen molar-refractivity contribution in [3.05, 3.63) is 12.2 Å². The molecule has 0 aliphatic heterocycles. The van der Waals surface area contributed by atoms with Gasteiger partial charge < -0.3 is 14.2 Å². The first-order chi connectivity index (χ1) is 40.5. The molecule has 0 aliphatic carbocycles. The summed E-state index contributed by atoms with van der Waals surface area (Å²) in [4.78, 5) is 38.6. The van der Waals surface area contributed by atoms with E-state index in [1.54, 1.807) is 0 Å². The Kier molecular flexibility index (Phi) is 70.0. The minimum Gasteiger partial charge on any atom is -0.462 e. The molecule has 6 heteroatoms. The predicted octanol–water partition coefficient (Wildman–Crippen LogP) is 26.0. The van der Waals surface area contributed by atoms with E-state index in [1.165, 1.54) is 340 Å². The first-order valence-electron chi connectivity index (χ1n) is 37.7. The summed E-state index contributed by atoms with van der Waals surface area (Å²) < 4.78 is 17.1. The van der Waals surface area contributed by atoms with Crippen molar-refractivity contribution in [2.24, 2.45) is 0 Å². The second-order valence-electron chi connectivity index (χ2n) is 25.9. The molecule has 0 rings (SSSR count). The molecule has 0 aromatic heterocycles. The summed E-state index contributed by atoms with van der Waals surface area (Å²) >= 11 is 0. The molecule has 0 fully saturated rings. The van der Waals surface area contributed by atoms with Crippen LogP contribution < -0.4 is 0 Å². The van der Waals surface area contributed by atoms with Gasteiger partial charge in [0.05, 0.1) is 0 Å². The van der Waals surface area contributed by atoms with Crippen LogP contribution in [-0.4, -0.2) is 37.2 Å². The van der Waals surface area contributed by atoms with E-state index >= 15 is 0 Å². The van der Waals surface area contributed by atoms with Gasteiger partial charge in [0, 0.05) is 19.3 Å². The Labute approximate surface area is 513 Å². The van der Waals surface area contributed by atoms with Crippen molar-refractivity contribution in [2.45, 2.75) is 444 Å². The summed E-state index contributed by atoms with van der Waals surface area (Å²) in [5.41, 5.74) is 0. The SMILES string of the molecule is CCCCCCCC/C=C\CCCCCCCCCCCC(=O)OCC(COC(=O)CCCCCCCCCCCCCCCCCCCCCCCCCCC)OC(=O)CCCCCCCCCCCCCCCCCCCCCC. The van der Waals surface area contributed by atoms with Crippen LogP contribution in [0.5, 0.6) is 0 Å². The number of unbranched alkanes of at least 4 members (excludes halogenated alkanes) is 58. The average molecular weight is 1160 g/mol. The van der Waals surface area contributed by atoms with Crippen molar-refractivity contribution in [3.8, 4) is 0 Å². The van der Waals surface area contributed by atoms with Crippen LogP contribution in [0.3, 0.4) is 0 Å². The van der Waals surface area contributed by atoms with Crippen LogP contribution in [0.2, 0.25) is 0 Å². The van der Waals surface area contributed by atoms with Gasteiger partial charge in [-0.1, -0.05) is 386 Å². The maximum absolute atomic E-state index is 13.0. The number of esters is 3. The first kappa shape index (κ1) is 80.2. The molecule has 0 heterocycles. The number of hydrogen-bond acceptors (Lipinski definition) is 6. The van der Waals surface area contributed by atoms with E-state index in [-0.39, 0.29) is 31.1 Å². The maximum Gasteiger partial charge on any atom is 0.306 e. The molecular weight excluding hydrogens is 1010 g/mol. The highest BCUT2D eigenvalue weighted by Crippen LogP contribution is 2.20. The molecule has 1 unspecified atom stereocenters. The molecule has 0 aromatic carbocycles. The Bertz CT molecular complexity index is 1280. The third kappa shape index (κ3) is 68.9. The summed E-state index contributed by atoms with van der Waals surface area (Å²) in [5, 5.41) is 0. The van der Waals surface area contributed by atoms with Crippen molar-refractivity contribution >= 4 is 17.9 Å². The molecule has 486 valence electrons. The quantitative estimate of drug-likeness (QED) is 0.0261. The van der Waals surface area contributed by atoms with Gasteiger partial charge in [-0.25, -0.2) is 0 Å². The van der Waals surface area contributed by atoms with Crippen LogP contribution in [-0.2, 0) is 28.6 Å². The largest absolute Gasteiger partial charge is 0.462 e. The van der Waals surface area contributed by atoms with E-state index in [0.29, 0.717) is 19.3 Å². The molecule has 6 nitrogen and oxygen atoms in total. The lowest BCUT2D eigenvalue weighted by atomic mass is 10.0. The fourth-order valence-corrected chi connectivity index (χ4v) is 11.9. The van der Waals surface area contributed by atoms with Gasteiger partial charge in [0.2, 0.25) is 0 Å². The summed E-state index contributed by atoms with van der Waals surface area (Å²) in [6, 6.07) is 0. The van der Waals surface area contributed by atoms with Crippen molar-refractivity contribution in [2.75, 3.05) is 13.2 Å². The Balaban J connectivity index is 4.26. The highest BCUT2D eigenvalue weighted by Gasteiger charge is 2.20. The maximum atomic E-state index is 13.0. The second-order valence-corrected chi connectivity index (χ2v) is 25.9. The molecular formula is C76H146O6. The second kappa shape index (κ2) is 71.6. The van der Waals surface area contributed by atoms with Gasteiger partial charge in [0.15, 0.2) is 6.10 Å². The van der Waals surface area contributed by atoms with Gasteiger partial charge in [-0.15, -0.1) is 0 Å². The fourth-order valence-electron chi connectivity index (χ4n) is 11.9. The van der Waals surface area contributed by atoms with E-state index < -0.39 is 6.10 Å². The first-order valence-corrected chi connectivity index (χ1v) is 37.7. The molecule has 0 saturated carbocycles. The highest BCUT2D eigenvalue weighted by atomic mass is 16.6. The lowest BCUT2D eigenvalue weighted by molar-refractivity contribution is -0.167. The van der Waals surface area contributed by atoms with Crippen molar-refractivity contribution in [1.82, 2.24) is 0 Å². The van der Waals surface area contributed by atoms with E-state index in [4.69, 9.17) is 14.2 Å². The Hall–Kier alpha value is -1.85. The molecule has 0 aromatic rings. The van der Waals surface area contributed by atoms with Gasteiger partial charge in [-0.05, 0) is 44.9 Å². The van der Waals surface area contributed by atoms with E-state index in [2.05, 4.69) is 32.9 Å². The number of carbonyl (C=O) groups is 3. The fraction of sp³-hybridized carbons (Fsp3) is 0.934. The summed E-state index contributed by atoms with van der Waals surface area (Å²) in [6.45, 7) is 6.74. The van der Waals surface area contributed by atoms with E-state index in [1.807, 2.05) is 0 Å². The Morgan fingerprint density at radius 1 is 0.232 bits per heavy atom. The summed E-state index contributed by atoms with van der Waals surface area (Å²) in [6.07, 6.45) is 86.8. The molecule has 82 heavy (non-hydrogen) atoms. The third-order valence-electron chi connectivity index (χ3n) is 17.5. The third-order valence-corrected chi connectivity index (χ3v) is 17.5. The Morgan fingerprint density at radius 3 is 0.610 bits per heavy atom. The van der Waals surface area contributed by atoms with Crippen molar-refractivity contribution in [3.63, 3.8) is 0 Å². The topological polar surface area (TPSA) is 78.9 Å². The summed E-state index contributed by atoms with van der Waals surface area (Å²) in [5.74, 6) is -0.824. The predicted molar refractivity (Wildman–Crippen MR) is 358 cm³/mol. The van der Waals surface area contributed by atoms with E-state index in [0.717, 1.165) is 57.8 Å². The minimum absolute atomic E-state index is 0.0630. The molecule has 1 atom stereocenters. The van der Waals surface area contributed by atoms with Crippen LogP contribution in [0.4, 0.5) is 0 Å². The van der Waals surface area contributed by atoms with Crippen LogP contribution in [0.1, 0.15) is 438 Å². The standard InChI is InChI=1S/C76H146O6/c1-4-7-10-13-16-19-22-25-28-31-34-36-37-38-39-40-43-45-48-51-54-57-60-63-66-69-75(78)81-72-73(71-80-74(77)68-65-62-59-56-53-50-47-44-41-33-30-27-24-21-18-15-12-9-6-3)82-76(79)70-67-64-61-58-55-52-49-46-42-35-32-29-26-23-20-17-14-11-8-5-2/h27,30,73H,4-26,28-29,31-72H2,1-3H3/b30-27-. The van der Waals surface area contributed by atoms with Crippen molar-refractivity contribution in [1.29, 1.82) is 0 Å². The van der Waals surface area contributed by atoms with Gasteiger partial charge >= 0.3 is 17.9 Å². The number of allylic oxidation sites excluding steroid dienone is 2. The van der Waals surface area contributed by atoms with Gasteiger partial charge in [-0.2, -0.15) is 0 Å². The molecule has 0 bridgehead atoms. The van der Waals surface area contributed by atoms with Gasteiger partial charge in [-0.3, -0.25) is 14.4 Å². The lowest BCUT2D eigenvalue weighted by Gasteiger charge is -2.18. The van der Waals surface area contributed by atoms with Crippen LogP contribution in [0.25, 0.3) is 0 Å². The van der Waals surface area contributed by atoms with Gasteiger partial charge in [0.1, 0.15) is 13.2 Å². The van der Waals surface area contributed by atoms with Crippen LogP contribution in [0, 0.1) is 0 Å². The zero-order chi connectivity index (χ0) is 59.2. The normalized spacial score (nSPS) is 12.0. The Morgan fingerprint density at radius 2 is 0.402 bits per heavy atom. The molecule has 0 aliphatic rings. The summed E-state index contributed by atoms with van der Waals surface area (Å²) in [7, 11) is 0. The van der Waals surface area contributed by atoms with Gasteiger partial charge in [0.25, 0.3) is 0 Å². The van der Waals surface area contributed by atoms with Crippen molar-refractivity contribution < 1.29 is 28.6 Å². The molecule has 0 spiro atoms. The van der Waals surface area contributed by atoms with Crippen LogP contribution in [0.15, 0.2) is 12.2 Å². The average Bonchev–Trinajstić information content (AvgIpc) is 3.47. The highest BCUT2D eigenvalue weighted by molar-refractivity contribution is 5.71. The monoisotopic (exact) mass is 1160 g/mol. The smallest absolute Gasteiger partial charge is 0.306 e. The lowest BCUT2D eigenvalue weighted by Crippen LogP contribution is -2.30. The minimum atomic E-state index is -0.768. The number of ether oxygens (including phenoxy) is 3. The van der Waals surface area contributed by atoms with Crippen LogP contribution >= 0.6 is 0 Å². The zero-order valence-corrected chi connectivity index (χ0v) is 56.1.